The van der Waals surface area contributed by atoms with Crippen LogP contribution in [0.5, 0.6) is 0 Å². The Hall–Kier alpha value is -2.87. The van der Waals surface area contributed by atoms with Crippen molar-refractivity contribution in [3.63, 3.8) is 0 Å². The molecule has 3 rings (SSSR count). The number of hydrogen-bond donors (Lipinski definition) is 1. The number of carbonyl (C=O) groups excluding carboxylic acids is 1. The molecule has 0 bridgehead atoms. The van der Waals surface area contributed by atoms with Crippen LogP contribution in [0, 0.1) is 0 Å². The highest BCUT2D eigenvalue weighted by Crippen LogP contribution is 2.31. The number of benzene rings is 2. The Kier molecular flexibility index (Phi) is 4.45. The maximum absolute atomic E-state index is 12.6. The third-order valence-electron chi connectivity index (χ3n) is 3.22. The van der Waals surface area contributed by atoms with Crippen LogP contribution in [0.3, 0.4) is 0 Å². The van der Waals surface area contributed by atoms with Crippen LogP contribution in [0.15, 0.2) is 52.9 Å². The zero-order valence-corrected chi connectivity index (χ0v) is 13.1. The van der Waals surface area contributed by atoms with E-state index in [0.717, 1.165) is 12.1 Å². The summed E-state index contributed by atoms with van der Waals surface area (Å²) in [6.45, 7) is 0. The number of anilines is 1. The van der Waals surface area contributed by atoms with E-state index >= 15 is 0 Å². The zero-order valence-electron chi connectivity index (χ0n) is 12.3. The molecule has 0 saturated heterocycles. The largest absolute Gasteiger partial charge is 0.416 e. The van der Waals surface area contributed by atoms with Gasteiger partial charge in [-0.2, -0.15) is 13.2 Å². The molecule has 0 fully saturated rings. The van der Waals surface area contributed by atoms with Gasteiger partial charge in [0.05, 0.1) is 16.1 Å². The van der Waals surface area contributed by atoms with Gasteiger partial charge in [0, 0.05) is 5.56 Å². The quantitative estimate of drug-likeness (QED) is 0.731. The molecule has 0 unspecified atom stereocenters. The van der Waals surface area contributed by atoms with Crippen LogP contribution < -0.4 is 5.32 Å². The van der Waals surface area contributed by atoms with Crippen LogP contribution in [0.2, 0.25) is 5.02 Å². The second-order valence-electron chi connectivity index (χ2n) is 4.92. The van der Waals surface area contributed by atoms with Gasteiger partial charge in [-0.15, -0.1) is 5.10 Å². The second kappa shape index (κ2) is 6.56. The van der Waals surface area contributed by atoms with Gasteiger partial charge in [0.1, 0.15) is 0 Å². The highest BCUT2D eigenvalue weighted by molar-refractivity contribution is 6.34. The van der Waals surface area contributed by atoms with Gasteiger partial charge in [-0.1, -0.05) is 28.8 Å². The normalized spacial score (nSPS) is 11.4. The van der Waals surface area contributed by atoms with E-state index in [0.29, 0.717) is 5.56 Å². The highest BCUT2D eigenvalue weighted by atomic mass is 35.5. The molecular formula is C16H9ClF3N3O2. The van der Waals surface area contributed by atoms with Gasteiger partial charge in [-0.25, -0.2) is 0 Å². The Morgan fingerprint density at radius 3 is 2.36 bits per heavy atom. The van der Waals surface area contributed by atoms with Crippen molar-refractivity contribution in [2.24, 2.45) is 0 Å². The first-order chi connectivity index (χ1) is 11.8. The topological polar surface area (TPSA) is 68.0 Å². The Labute approximate surface area is 144 Å². The molecule has 0 atom stereocenters. The first kappa shape index (κ1) is 17.0. The number of alkyl halides is 3. The summed E-state index contributed by atoms with van der Waals surface area (Å²) in [6.07, 6.45) is -4.43. The van der Waals surface area contributed by atoms with Crippen LogP contribution in [0.25, 0.3) is 11.5 Å². The molecule has 5 nitrogen and oxygen atoms in total. The number of rotatable bonds is 3. The van der Waals surface area contributed by atoms with Crippen molar-refractivity contribution in [3.05, 3.63) is 64.7 Å². The van der Waals surface area contributed by atoms with E-state index in [9.17, 15) is 18.0 Å². The Morgan fingerprint density at radius 1 is 1.04 bits per heavy atom. The van der Waals surface area contributed by atoms with E-state index in [4.69, 9.17) is 16.0 Å². The van der Waals surface area contributed by atoms with Crippen molar-refractivity contribution >= 4 is 23.5 Å². The minimum absolute atomic E-state index is 0.0248. The molecule has 0 aliphatic rings. The predicted octanol–water partition coefficient (Wildman–Crippen LogP) is 4.66. The summed E-state index contributed by atoms with van der Waals surface area (Å²) in [4.78, 5) is 12.1. The van der Waals surface area contributed by atoms with Crippen LogP contribution in [-0.4, -0.2) is 16.1 Å². The molecule has 3 aromatic rings. The lowest BCUT2D eigenvalue weighted by Crippen LogP contribution is -2.12. The molecular weight excluding hydrogens is 359 g/mol. The van der Waals surface area contributed by atoms with Crippen molar-refractivity contribution in [1.82, 2.24) is 10.2 Å². The number of aromatic nitrogens is 2. The third kappa shape index (κ3) is 3.80. The monoisotopic (exact) mass is 367 g/mol. The van der Waals surface area contributed by atoms with Crippen LogP contribution >= 0.6 is 11.6 Å². The summed E-state index contributed by atoms with van der Waals surface area (Å²) in [7, 11) is 0. The van der Waals surface area contributed by atoms with Gasteiger partial charge >= 0.3 is 12.2 Å². The van der Waals surface area contributed by atoms with E-state index < -0.39 is 17.6 Å². The molecule has 0 aliphatic carbocycles. The molecule has 1 amide bonds. The molecule has 9 heteroatoms. The van der Waals surface area contributed by atoms with Gasteiger partial charge in [0.15, 0.2) is 0 Å². The number of hydrogen-bond acceptors (Lipinski definition) is 4. The standard InChI is InChI=1S/C16H9ClF3N3O2/c17-12-4-2-1-3-11(12)13(24)21-15-23-22-14(25-15)9-5-7-10(8-6-9)16(18,19)20/h1-8H,(H,21,23,24). The smallest absolute Gasteiger partial charge is 0.403 e. The predicted molar refractivity (Wildman–Crippen MR) is 84.1 cm³/mol. The molecule has 1 aromatic heterocycles. The Morgan fingerprint density at radius 2 is 1.72 bits per heavy atom. The lowest BCUT2D eigenvalue weighted by molar-refractivity contribution is -0.137. The minimum atomic E-state index is -4.43. The summed E-state index contributed by atoms with van der Waals surface area (Å²) in [5.41, 5.74) is -0.278. The first-order valence-electron chi connectivity index (χ1n) is 6.91. The molecule has 1 heterocycles. The Balaban J connectivity index is 1.76. The van der Waals surface area contributed by atoms with Gasteiger partial charge in [0.25, 0.3) is 5.91 Å². The molecule has 1 N–H and O–H groups in total. The Bertz CT molecular complexity index is 907. The lowest BCUT2D eigenvalue weighted by Gasteiger charge is -2.05. The maximum atomic E-state index is 12.6. The van der Waals surface area contributed by atoms with Gasteiger partial charge in [0.2, 0.25) is 5.89 Å². The average Bonchev–Trinajstić information content (AvgIpc) is 3.03. The molecule has 25 heavy (non-hydrogen) atoms. The van der Waals surface area contributed by atoms with Crippen LogP contribution in [-0.2, 0) is 6.18 Å². The number of nitrogens with one attached hydrogen (secondary N) is 1. The van der Waals surface area contributed by atoms with Crippen molar-refractivity contribution in [2.75, 3.05) is 5.32 Å². The van der Waals surface area contributed by atoms with E-state index in [1.807, 2.05) is 0 Å². The van der Waals surface area contributed by atoms with Crippen molar-refractivity contribution < 1.29 is 22.4 Å². The number of halogens is 4. The number of amides is 1. The van der Waals surface area contributed by atoms with Gasteiger partial charge in [-0.3, -0.25) is 10.1 Å². The maximum Gasteiger partial charge on any atom is 0.416 e. The highest BCUT2D eigenvalue weighted by Gasteiger charge is 2.30. The fourth-order valence-corrected chi connectivity index (χ4v) is 2.22. The lowest BCUT2D eigenvalue weighted by atomic mass is 10.1. The fraction of sp³-hybridized carbons (Fsp3) is 0.0625. The summed E-state index contributed by atoms with van der Waals surface area (Å²) in [6, 6.07) is 10.4. The minimum Gasteiger partial charge on any atom is -0.403 e. The average molecular weight is 368 g/mol. The SMILES string of the molecule is O=C(Nc1nnc(-c2ccc(C(F)(F)F)cc2)o1)c1ccccc1Cl. The van der Waals surface area contributed by atoms with E-state index in [1.165, 1.54) is 18.2 Å². The second-order valence-corrected chi connectivity index (χ2v) is 5.33. The molecule has 0 aliphatic heterocycles. The van der Waals surface area contributed by atoms with E-state index in [-0.39, 0.29) is 22.5 Å². The van der Waals surface area contributed by atoms with Gasteiger partial charge in [-0.05, 0) is 36.4 Å². The number of nitrogens with zero attached hydrogens (tertiary/aromatic N) is 2. The summed E-state index contributed by atoms with van der Waals surface area (Å²) < 4.78 is 42.9. The van der Waals surface area contributed by atoms with Crippen molar-refractivity contribution in [1.29, 1.82) is 0 Å². The summed E-state index contributed by atoms with van der Waals surface area (Å²) in [5, 5.41) is 9.98. The molecule has 0 spiro atoms. The zero-order chi connectivity index (χ0) is 18.0. The molecule has 0 saturated carbocycles. The first-order valence-corrected chi connectivity index (χ1v) is 7.29. The fourth-order valence-electron chi connectivity index (χ4n) is 2.00. The summed E-state index contributed by atoms with van der Waals surface area (Å²) >= 11 is 5.92. The molecule has 2 aromatic carbocycles. The third-order valence-corrected chi connectivity index (χ3v) is 3.55. The van der Waals surface area contributed by atoms with Crippen molar-refractivity contribution in [3.8, 4) is 11.5 Å². The van der Waals surface area contributed by atoms with Crippen LogP contribution in [0.4, 0.5) is 19.2 Å². The summed E-state index contributed by atoms with van der Waals surface area (Å²) in [5.74, 6) is -0.573. The van der Waals surface area contributed by atoms with E-state index in [2.05, 4.69) is 15.5 Å². The molecule has 0 radical (unpaired) electrons. The van der Waals surface area contributed by atoms with Crippen molar-refractivity contribution in [2.45, 2.75) is 6.18 Å². The van der Waals surface area contributed by atoms with Gasteiger partial charge < -0.3 is 4.42 Å². The number of carbonyl (C=O) groups is 1. The molecule has 128 valence electrons. The van der Waals surface area contributed by atoms with Crippen LogP contribution in [0.1, 0.15) is 15.9 Å². The van der Waals surface area contributed by atoms with E-state index in [1.54, 1.807) is 18.2 Å².